The first-order chi connectivity index (χ1) is 13.3. The molecule has 3 nitrogen and oxygen atoms in total. The third kappa shape index (κ3) is 2.41. The molecule has 2 fully saturated rings. The number of aromatic nitrogens is 1. The highest BCUT2D eigenvalue weighted by Gasteiger charge is 2.59. The third-order valence-corrected chi connectivity index (χ3v) is 9.02. The number of pyridine rings is 1. The Morgan fingerprint density at radius 2 is 1.86 bits per heavy atom. The summed E-state index contributed by atoms with van der Waals surface area (Å²) in [6, 6.07) is 4.08. The Morgan fingerprint density at radius 3 is 2.61 bits per heavy atom. The Balaban J connectivity index is 1.55. The zero-order chi connectivity index (χ0) is 19.7. The van der Waals surface area contributed by atoms with Crippen molar-refractivity contribution in [1.29, 1.82) is 0 Å². The Kier molecular flexibility index (Phi) is 4.07. The van der Waals surface area contributed by atoms with E-state index >= 15 is 0 Å². The van der Waals surface area contributed by atoms with Crippen LogP contribution < -0.4 is 0 Å². The van der Waals surface area contributed by atoms with Crippen molar-refractivity contribution in [2.45, 2.75) is 65.4 Å². The van der Waals surface area contributed by atoms with Crippen LogP contribution in [0.4, 0.5) is 0 Å². The summed E-state index contributed by atoms with van der Waals surface area (Å²) in [7, 11) is 0. The topological polar surface area (TPSA) is 53.4 Å². The van der Waals surface area contributed by atoms with E-state index in [1.165, 1.54) is 12.0 Å². The molecule has 3 heteroatoms. The van der Waals surface area contributed by atoms with Gasteiger partial charge in [0.15, 0.2) is 0 Å². The number of fused-ring (bicyclic) bond motifs is 5. The quantitative estimate of drug-likeness (QED) is 0.631. The standard InChI is InChI=1S/C25H33NO2/c1-15-11-17-12-18(27)6-8-24(17,2)19-7-9-25(3)20(22(15)19)13-21(28)23(25)16-5-4-10-26-14-16/h4-5,10-11,14-15,18-20,22,27-28H,6-9,12-13H2,1-3H3/t15-,18-,19-,20-,22+,24-,25-/m0/s1. The number of rotatable bonds is 1. The first-order valence-corrected chi connectivity index (χ1v) is 11.1. The summed E-state index contributed by atoms with van der Waals surface area (Å²) in [5.41, 5.74) is 4.00. The van der Waals surface area contributed by atoms with Crippen LogP contribution in [0, 0.1) is 34.5 Å². The number of nitrogens with zero attached hydrogens (tertiary/aromatic N) is 1. The van der Waals surface area contributed by atoms with E-state index in [4.69, 9.17) is 0 Å². The van der Waals surface area contributed by atoms with Crippen molar-refractivity contribution in [3.05, 3.63) is 47.5 Å². The van der Waals surface area contributed by atoms with Gasteiger partial charge in [-0.15, -0.1) is 0 Å². The maximum Gasteiger partial charge on any atom is 0.0969 e. The predicted molar refractivity (Wildman–Crippen MR) is 111 cm³/mol. The maximum atomic E-state index is 11.0. The van der Waals surface area contributed by atoms with E-state index in [0.717, 1.165) is 43.2 Å². The molecule has 1 aromatic heterocycles. The molecule has 5 rings (SSSR count). The molecular weight excluding hydrogens is 346 g/mol. The highest BCUT2D eigenvalue weighted by molar-refractivity contribution is 5.74. The van der Waals surface area contributed by atoms with E-state index in [1.54, 1.807) is 6.20 Å². The zero-order valence-electron chi connectivity index (χ0n) is 17.4. The van der Waals surface area contributed by atoms with Gasteiger partial charge < -0.3 is 10.2 Å². The van der Waals surface area contributed by atoms with Gasteiger partial charge in [-0.2, -0.15) is 0 Å². The maximum absolute atomic E-state index is 11.0. The summed E-state index contributed by atoms with van der Waals surface area (Å²) in [6.45, 7) is 7.22. The van der Waals surface area contributed by atoms with Crippen molar-refractivity contribution in [2.75, 3.05) is 0 Å². The Hall–Kier alpha value is -1.61. The van der Waals surface area contributed by atoms with Crippen LogP contribution in [-0.4, -0.2) is 21.3 Å². The molecular formula is C25H33NO2. The summed E-state index contributed by atoms with van der Waals surface area (Å²) in [6.07, 6.45) is 12.1. The molecule has 0 spiro atoms. The number of hydrogen-bond acceptors (Lipinski definition) is 3. The van der Waals surface area contributed by atoms with Gasteiger partial charge in [0, 0.05) is 24.4 Å². The summed E-state index contributed by atoms with van der Waals surface area (Å²) >= 11 is 0. The normalized spacial score (nSPS) is 45.1. The zero-order valence-corrected chi connectivity index (χ0v) is 17.4. The molecule has 0 saturated heterocycles. The summed E-state index contributed by atoms with van der Waals surface area (Å²) in [5, 5.41) is 21.3. The molecule has 150 valence electrons. The molecule has 0 aromatic carbocycles. The lowest BCUT2D eigenvalue weighted by Gasteiger charge is -2.59. The van der Waals surface area contributed by atoms with Crippen molar-refractivity contribution in [1.82, 2.24) is 4.98 Å². The fraction of sp³-hybridized carbons (Fsp3) is 0.640. The largest absolute Gasteiger partial charge is 0.512 e. The van der Waals surface area contributed by atoms with Crippen molar-refractivity contribution >= 4 is 5.57 Å². The highest BCUT2D eigenvalue weighted by atomic mass is 16.3. The van der Waals surface area contributed by atoms with Gasteiger partial charge in [-0.3, -0.25) is 4.98 Å². The minimum atomic E-state index is -0.161. The van der Waals surface area contributed by atoms with Crippen LogP contribution in [0.2, 0.25) is 0 Å². The van der Waals surface area contributed by atoms with Crippen LogP contribution in [-0.2, 0) is 0 Å². The third-order valence-electron chi connectivity index (χ3n) is 9.02. The molecule has 0 amide bonds. The highest BCUT2D eigenvalue weighted by Crippen LogP contribution is 2.68. The van der Waals surface area contributed by atoms with Gasteiger partial charge in [0.2, 0.25) is 0 Å². The number of hydrogen-bond donors (Lipinski definition) is 2. The first kappa shape index (κ1) is 18.4. The lowest BCUT2D eigenvalue weighted by molar-refractivity contribution is -0.0437. The van der Waals surface area contributed by atoms with E-state index in [9.17, 15) is 10.2 Å². The van der Waals surface area contributed by atoms with Crippen LogP contribution in [0.15, 0.2) is 41.9 Å². The van der Waals surface area contributed by atoms with Gasteiger partial charge in [0.1, 0.15) is 0 Å². The summed E-state index contributed by atoms with van der Waals surface area (Å²) in [5.74, 6) is 2.84. The van der Waals surface area contributed by atoms with Crippen LogP contribution in [0.5, 0.6) is 0 Å². The van der Waals surface area contributed by atoms with E-state index < -0.39 is 0 Å². The monoisotopic (exact) mass is 379 g/mol. The number of aliphatic hydroxyl groups excluding tert-OH is 2. The second-order valence-electron chi connectivity index (χ2n) is 10.4. The van der Waals surface area contributed by atoms with Crippen LogP contribution in [0.25, 0.3) is 5.57 Å². The summed E-state index contributed by atoms with van der Waals surface area (Å²) in [4.78, 5) is 4.32. The second kappa shape index (κ2) is 6.19. The predicted octanol–water partition coefficient (Wildman–Crippen LogP) is 5.53. The van der Waals surface area contributed by atoms with Crippen molar-refractivity contribution in [3.63, 3.8) is 0 Å². The van der Waals surface area contributed by atoms with Crippen LogP contribution >= 0.6 is 0 Å². The van der Waals surface area contributed by atoms with Gasteiger partial charge in [-0.25, -0.2) is 0 Å². The van der Waals surface area contributed by atoms with Crippen LogP contribution in [0.3, 0.4) is 0 Å². The van der Waals surface area contributed by atoms with Crippen molar-refractivity contribution in [3.8, 4) is 0 Å². The smallest absolute Gasteiger partial charge is 0.0969 e. The number of aliphatic hydroxyl groups is 2. The van der Waals surface area contributed by atoms with E-state index in [2.05, 4.69) is 37.9 Å². The van der Waals surface area contributed by atoms with Gasteiger partial charge in [-0.05, 0) is 78.2 Å². The fourth-order valence-electron chi connectivity index (χ4n) is 7.66. The minimum Gasteiger partial charge on any atom is -0.512 e. The van der Waals surface area contributed by atoms with Gasteiger partial charge in [-0.1, -0.05) is 38.5 Å². The van der Waals surface area contributed by atoms with Crippen molar-refractivity contribution < 1.29 is 10.2 Å². The molecule has 0 radical (unpaired) electrons. The lowest BCUT2D eigenvalue weighted by Crippen LogP contribution is -2.52. The molecule has 2 N–H and O–H groups in total. The SMILES string of the molecule is C[C@H]1C=C2C[C@@H](O)CC[C@]2(C)[C@H]2CC[C@]3(C)C(c4cccnc4)=C(O)C[C@H]3[C@H]12. The average molecular weight is 380 g/mol. The molecule has 0 bridgehead atoms. The molecule has 2 saturated carbocycles. The van der Waals surface area contributed by atoms with Crippen LogP contribution in [0.1, 0.15) is 64.9 Å². The van der Waals surface area contributed by atoms with Gasteiger partial charge in [0.25, 0.3) is 0 Å². The average Bonchev–Trinajstić information content (AvgIpc) is 2.94. The Labute approximate surface area is 168 Å². The van der Waals surface area contributed by atoms with E-state index in [1.807, 2.05) is 12.3 Å². The van der Waals surface area contributed by atoms with E-state index in [-0.39, 0.29) is 16.9 Å². The molecule has 1 aromatic rings. The van der Waals surface area contributed by atoms with Gasteiger partial charge >= 0.3 is 0 Å². The minimum absolute atomic E-state index is 0.0262. The molecule has 1 heterocycles. The first-order valence-electron chi connectivity index (χ1n) is 11.1. The Morgan fingerprint density at radius 1 is 1.07 bits per heavy atom. The molecule has 0 unspecified atom stereocenters. The molecule has 28 heavy (non-hydrogen) atoms. The lowest BCUT2D eigenvalue weighted by atomic mass is 9.45. The van der Waals surface area contributed by atoms with Gasteiger partial charge in [0.05, 0.1) is 11.9 Å². The summed E-state index contributed by atoms with van der Waals surface area (Å²) < 4.78 is 0. The van der Waals surface area contributed by atoms with E-state index in [0.29, 0.717) is 29.4 Å². The molecule has 7 atom stereocenters. The molecule has 4 aliphatic carbocycles. The Bertz CT molecular complexity index is 843. The fourth-order valence-corrected chi connectivity index (χ4v) is 7.66. The molecule has 4 aliphatic rings. The molecule has 0 aliphatic heterocycles. The number of allylic oxidation sites excluding steroid dienone is 3. The van der Waals surface area contributed by atoms with Crippen molar-refractivity contribution in [2.24, 2.45) is 34.5 Å². The second-order valence-corrected chi connectivity index (χ2v) is 10.4.